The molecule has 1 fully saturated rings. The van der Waals surface area contributed by atoms with Crippen molar-refractivity contribution in [1.82, 2.24) is 15.5 Å². The molecule has 1 aliphatic carbocycles. The predicted molar refractivity (Wildman–Crippen MR) is 136 cm³/mol. The second-order valence-corrected chi connectivity index (χ2v) is 10.2. The Morgan fingerprint density at radius 1 is 1.09 bits per heavy atom. The van der Waals surface area contributed by atoms with E-state index in [1.54, 1.807) is 58.9 Å². The predicted octanol–water partition coefficient (Wildman–Crippen LogP) is 4.13. The maximum absolute atomic E-state index is 13.7. The van der Waals surface area contributed by atoms with Crippen LogP contribution in [0.25, 0.3) is 0 Å². The minimum Gasteiger partial charge on any atom is -0.444 e. The molecule has 0 spiro atoms. The van der Waals surface area contributed by atoms with E-state index in [4.69, 9.17) is 17.6 Å². The topological polar surface area (TPSA) is 87.7 Å². The fraction of sp³-hybridized carbons (Fsp3) is 0.536. The van der Waals surface area contributed by atoms with Crippen LogP contribution >= 0.6 is 0 Å². The summed E-state index contributed by atoms with van der Waals surface area (Å²) in [6.07, 6.45) is 15.7. The summed E-state index contributed by atoms with van der Waals surface area (Å²) in [5, 5.41) is 5.69. The molecule has 0 radical (unpaired) electrons. The quantitative estimate of drug-likeness (QED) is 0.455. The Morgan fingerprint density at radius 3 is 2.26 bits per heavy atom. The van der Waals surface area contributed by atoms with Gasteiger partial charge >= 0.3 is 6.09 Å². The SMILES string of the molecule is C#Cc1ccccc1C(C(=O)NC1CCCCC1)N(C#C)C(=O)C(NC(=O)OC(C)(C)C)C(C)C. The molecule has 2 atom stereocenters. The van der Waals surface area contributed by atoms with Crippen molar-refractivity contribution >= 4 is 17.9 Å². The Bertz CT molecular complexity index is 991. The second-order valence-electron chi connectivity index (χ2n) is 10.2. The smallest absolute Gasteiger partial charge is 0.408 e. The lowest BCUT2D eigenvalue weighted by atomic mass is 9.93. The van der Waals surface area contributed by atoms with Gasteiger partial charge in [-0.15, -0.1) is 6.42 Å². The molecule has 2 rings (SSSR count). The summed E-state index contributed by atoms with van der Waals surface area (Å²) in [6, 6.07) is 7.14. The first-order valence-corrected chi connectivity index (χ1v) is 12.1. The molecule has 1 saturated carbocycles. The van der Waals surface area contributed by atoms with Gasteiger partial charge in [-0.05, 0) is 45.6 Å². The summed E-state index contributed by atoms with van der Waals surface area (Å²) in [5.74, 6) is 1.27. The highest BCUT2D eigenvalue weighted by atomic mass is 16.6. The van der Waals surface area contributed by atoms with Crippen molar-refractivity contribution in [1.29, 1.82) is 0 Å². The third-order valence-electron chi connectivity index (χ3n) is 5.85. The van der Waals surface area contributed by atoms with Gasteiger partial charge in [0.25, 0.3) is 5.91 Å². The fourth-order valence-electron chi connectivity index (χ4n) is 4.15. The molecule has 0 heterocycles. The van der Waals surface area contributed by atoms with Crippen molar-refractivity contribution in [2.75, 3.05) is 0 Å². The van der Waals surface area contributed by atoms with Crippen molar-refractivity contribution in [3.8, 4) is 24.8 Å². The summed E-state index contributed by atoms with van der Waals surface area (Å²) >= 11 is 0. The van der Waals surface area contributed by atoms with Crippen molar-refractivity contribution in [3.63, 3.8) is 0 Å². The van der Waals surface area contributed by atoms with Crippen molar-refractivity contribution < 1.29 is 19.1 Å². The first kappa shape index (κ1) is 27.8. The maximum atomic E-state index is 13.7. The standard InChI is InChI=1S/C28H37N3O4/c1-8-20-15-13-14-18-22(20)24(25(32)29-21-16-11-10-12-17-21)31(9-2)26(33)23(19(3)4)30-27(34)35-28(5,6)7/h1-2,13-15,18-19,21,23-24H,10-12,16-17H2,3-7H3,(H,29,32)(H,30,34). The van der Waals surface area contributed by atoms with Gasteiger partial charge in [0.05, 0.1) is 0 Å². The number of nitrogens with one attached hydrogen (secondary N) is 2. The summed E-state index contributed by atoms with van der Waals surface area (Å²) in [4.78, 5) is 40.8. The number of terminal acetylenes is 2. The van der Waals surface area contributed by atoms with E-state index in [1.807, 2.05) is 0 Å². The Kier molecular flexibility index (Phi) is 9.78. The third-order valence-corrected chi connectivity index (χ3v) is 5.85. The zero-order valence-corrected chi connectivity index (χ0v) is 21.4. The van der Waals surface area contributed by atoms with E-state index in [9.17, 15) is 14.4 Å². The van der Waals surface area contributed by atoms with Crippen molar-refractivity contribution in [2.45, 2.75) is 90.4 Å². The molecular formula is C28H37N3O4. The Morgan fingerprint density at radius 2 is 1.71 bits per heavy atom. The van der Waals surface area contributed by atoms with Gasteiger partial charge in [-0.1, -0.05) is 63.7 Å². The molecule has 1 aromatic carbocycles. The highest BCUT2D eigenvalue weighted by Crippen LogP contribution is 2.27. The average Bonchev–Trinajstić information content (AvgIpc) is 2.79. The van der Waals surface area contributed by atoms with Gasteiger partial charge in [-0.2, -0.15) is 0 Å². The van der Waals surface area contributed by atoms with Gasteiger partial charge in [0, 0.05) is 23.2 Å². The molecule has 1 aliphatic rings. The van der Waals surface area contributed by atoms with Crippen molar-refractivity contribution in [2.24, 2.45) is 5.92 Å². The van der Waals surface area contributed by atoms with E-state index >= 15 is 0 Å². The number of carbonyl (C=O) groups excluding carboxylic acids is 3. The lowest BCUT2D eigenvalue weighted by molar-refractivity contribution is -0.139. The second kappa shape index (κ2) is 12.3. The normalized spacial score (nSPS) is 15.8. The van der Waals surface area contributed by atoms with Crippen LogP contribution in [0.2, 0.25) is 0 Å². The highest BCUT2D eigenvalue weighted by molar-refractivity contribution is 5.93. The number of rotatable bonds is 7. The van der Waals surface area contributed by atoms with Crippen LogP contribution in [-0.2, 0) is 14.3 Å². The number of ether oxygens (including phenoxy) is 1. The molecule has 0 bridgehead atoms. The fourth-order valence-corrected chi connectivity index (χ4v) is 4.15. The molecule has 0 saturated heterocycles. The molecule has 7 heteroatoms. The summed E-state index contributed by atoms with van der Waals surface area (Å²) in [5.41, 5.74) is 0.175. The molecule has 7 nitrogen and oxygen atoms in total. The largest absolute Gasteiger partial charge is 0.444 e. The van der Waals surface area contributed by atoms with Gasteiger partial charge in [0.15, 0.2) is 0 Å². The van der Waals surface area contributed by atoms with Crippen LogP contribution in [-0.4, -0.2) is 40.5 Å². The summed E-state index contributed by atoms with van der Waals surface area (Å²) in [6.45, 7) is 8.75. The molecule has 0 aliphatic heterocycles. The van der Waals surface area contributed by atoms with E-state index in [0.717, 1.165) is 37.0 Å². The molecule has 188 valence electrons. The average molecular weight is 480 g/mol. The van der Waals surface area contributed by atoms with E-state index in [0.29, 0.717) is 11.1 Å². The molecule has 1 aromatic rings. The van der Waals surface area contributed by atoms with Gasteiger partial charge in [0.2, 0.25) is 5.91 Å². The third kappa shape index (κ3) is 7.79. The van der Waals surface area contributed by atoms with Crippen LogP contribution in [0.4, 0.5) is 4.79 Å². The zero-order chi connectivity index (χ0) is 26.2. The maximum Gasteiger partial charge on any atom is 0.408 e. The van der Waals surface area contributed by atoms with Crippen LogP contribution < -0.4 is 10.6 Å². The Hall–Kier alpha value is -3.45. The summed E-state index contributed by atoms with van der Waals surface area (Å²) < 4.78 is 5.33. The number of nitrogens with zero attached hydrogens (tertiary/aromatic N) is 1. The minimum absolute atomic E-state index is 0.00672. The van der Waals surface area contributed by atoms with Gasteiger partial charge in [0.1, 0.15) is 17.7 Å². The number of carbonyl (C=O) groups is 3. The van der Waals surface area contributed by atoms with Crippen LogP contribution in [0.3, 0.4) is 0 Å². The van der Waals surface area contributed by atoms with Crippen LogP contribution in [0, 0.1) is 30.7 Å². The Labute approximate surface area is 209 Å². The first-order valence-electron chi connectivity index (χ1n) is 12.1. The minimum atomic E-state index is -1.15. The van der Waals surface area contributed by atoms with E-state index in [-0.39, 0.29) is 12.0 Å². The van der Waals surface area contributed by atoms with Crippen LogP contribution in [0.1, 0.15) is 83.9 Å². The van der Waals surface area contributed by atoms with Crippen LogP contribution in [0.5, 0.6) is 0 Å². The van der Waals surface area contributed by atoms with Gasteiger partial charge < -0.3 is 15.4 Å². The van der Waals surface area contributed by atoms with Gasteiger partial charge in [-0.3, -0.25) is 14.5 Å². The number of hydrogen-bond acceptors (Lipinski definition) is 4. The molecule has 0 aromatic heterocycles. The highest BCUT2D eigenvalue weighted by Gasteiger charge is 2.38. The lowest BCUT2D eigenvalue weighted by Gasteiger charge is -2.33. The van der Waals surface area contributed by atoms with E-state index in [2.05, 4.69) is 22.6 Å². The number of amides is 3. The molecule has 2 N–H and O–H groups in total. The van der Waals surface area contributed by atoms with Crippen LogP contribution in [0.15, 0.2) is 24.3 Å². The summed E-state index contributed by atoms with van der Waals surface area (Å²) in [7, 11) is 0. The monoisotopic (exact) mass is 479 g/mol. The number of benzene rings is 1. The molecular weight excluding hydrogens is 442 g/mol. The Balaban J connectivity index is 2.43. The molecule has 35 heavy (non-hydrogen) atoms. The van der Waals surface area contributed by atoms with Gasteiger partial charge in [-0.25, -0.2) is 4.79 Å². The zero-order valence-electron chi connectivity index (χ0n) is 21.4. The molecule has 2 unspecified atom stereocenters. The number of alkyl carbamates (subject to hydrolysis) is 1. The molecule has 3 amide bonds. The van der Waals surface area contributed by atoms with Crippen molar-refractivity contribution in [3.05, 3.63) is 35.4 Å². The van der Waals surface area contributed by atoms with E-state index < -0.39 is 35.6 Å². The van der Waals surface area contributed by atoms with E-state index in [1.165, 1.54) is 0 Å². The number of hydrogen-bond donors (Lipinski definition) is 2. The lowest BCUT2D eigenvalue weighted by Crippen LogP contribution is -2.54. The first-order chi connectivity index (χ1) is 16.5.